The van der Waals surface area contributed by atoms with Crippen LogP contribution in [0, 0.1) is 5.95 Å². The number of nitrogens with zero attached hydrogens (tertiary/aromatic N) is 2. The Bertz CT molecular complexity index is 617. The van der Waals surface area contributed by atoms with Crippen LogP contribution in [0.4, 0.5) is 4.39 Å². The lowest BCUT2D eigenvalue weighted by atomic mass is 10.2. The number of esters is 1. The van der Waals surface area contributed by atoms with Gasteiger partial charge in [-0.2, -0.15) is 4.39 Å². The van der Waals surface area contributed by atoms with E-state index in [1.807, 2.05) is 6.07 Å². The van der Waals surface area contributed by atoms with E-state index < -0.39 is 11.9 Å². The van der Waals surface area contributed by atoms with Crippen LogP contribution in [0.25, 0.3) is 5.65 Å². The standard InChI is InChI=1S/C13H13FN2O2/c1-2-18-13(17)11-12(14)16-7-9(8-3-4-8)5-6-10(16)15-11/h5-8H,2-4H2,1H3. The molecule has 2 aromatic heterocycles. The van der Waals surface area contributed by atoms with E-state index in [1.165, 1.54) is 4.40 Å². The minimum absolute atomic E-state index is 0.208. The van der Waals surface area contributed by atoms with Crippen molar-refractivity contribution in [3.8, 4) is 0 Å². The molecule has 94 valence electrons. The van der Waals surface area contributed by atoms with E-state index in [0.29, 0.717) is 11.6 Å². The molecular formula is C13H13FN2O2. The van der Waals surface area contributed by atoms with E-state index in [0.717, 1.165) is 18.4 Å². The molecule has 0 radical (unpaired) electrons. The molecule has 5 heteroatoms. The van der Waals surface area contributed by atoms with E-state index >= 15 is 0 Å². The van der Waals surface area contributed by atoms with Gasteiger partial charge in [-0.1, -0.05) is 6.07 Å². The summed E-state index contributed by atoms with van der Waals surface area (Å²) in [6.45, 7) is 1.89. The van der Waals surface area contributed by atoms with Crippen LogP contribution in [-0.4, -0.2) is 22.0 Å². The van der Waals surface area contributed by atoms with E-state index in [4.69, 9.17) is 4.74 Å². The second-order valence-electron chi connectivity index (χ2n) is 4.44. The van der Waals surface area contributed by atoms with E-state index in [2.05, 4.69) is 4.98 Å². The molecule has 1 fully saturated rings. The maximum atomic E-state index is 14.1. The van der Waals surface area contributed by atoms with Gasteiger partial charge >= 0.3 is 5.97 Å². The van der Waals surface area contributed by atoms with Crippen LogP contribution in [0.3, 0.4) is 0 Å². The number of aromatic nitrogens is 2. The van der Waals surface area contributed by atoms with Crippen molar-refractivity contribution in [1.29, 1.82) is 0 Å². The molecule has 0 aliphatic heterocycles. The minimum Gasteiger partial charge on any atom is -0.461 e. The van der Waals surface area contributed by atoms with Crippen molar-refractivity contribution in [2.45, 2.75) is 25.7 Å². The molecular weight excluding hydrogens is 235 g/mol. The van der Waals surface area contributed by atoms with Gasteiger partial charge in [0.25, 0.3) is 0 Å². The van der Waals surface area contributed by atoms with Gasteiger partial charge in [-0.25, -0.2) is 9.78 Å². The summed E-state index contributed by atoms with van der Waals surface area (Å²) in [7, 11) is 0. The first-order chi connectivity index (χ1) is 8.70. The summed E-state index contributed by atoms with van der Waals surface area (Å²) in [6.07, 6.45) is 4.01. The minimum atomic E-state index is -0.716. The number of imidazole rings is 1. The summed E-state index contributed by atoms with van der Waals surface area (Å²) < 4.78 is 20.2. The Morgan fingerprint density at radius 3 is 3.00 bits per heavy atom. The van der Waals surface area contributed by atoms with Crippen molar-refractivity contribution < 1.29 is 13.9 Å². The molecule has 2 aromatic rings. The molecule has 4 nitrogen and oxygen atoms in total. The quantitative estimate of drug-likeness (QED) is 0.784. The van der Waals surface area contributed by atoms with Gasteiger partial charge in [-0.3, -0.25) is 4.40 Å². The maximum Gasteiger partial charge on any atom is 0.361 e. The molecule has 18 heavy (non-hydrogen) atoms. The van der Waals surface area contributed by atoms with Crippen LogP contribution in [-0.2, 0) is 4.74 Å². The Hall–Kier alpha value is -1.91. The third-order valence-electron chi connectivity index (χ3n) is 3.10. The van der Waals surface area contributed by atoms with Crippen LogP contribution in [0.15, 0.2) is 18.3 Å². The number of carbonyl (C=O) groups is 1. The van der Waals surface area contributed by atoms with Crippen LogP contribution >= 0.6 is 0 Å². The summed E-state index contributed by atoms with van der Waals surface area (Å²) in [6, 6.07) is 3.67. The summed E-state index contributed by atoms with van der Waals surface area (Å²) in [5, 5.41) is 0. The molecule has 0 aromatic carbocycles. The summed E-state index contributed by atoms with van der Waals surface area (Å²) >= 11 is 0. The summed E-state index contributed by atoms with van der Waals surface area (Å²) in [5.74, 6) is -0.833. The van der Waals surface area contributed by atoms with E-state index in [-0.39, 0.29) is 12.3 Å². The number of fused-ring (bicyclic) bond motifs is 1. The first kappa shape index (κ1) is 11.2. The normalized spacial score (nSPS) is 15.0. The number of ether oxygens (including phenoxy) is 1. The number of hydrogen-bond acceptors (Lipinski definition) is 3. The van der Waals surface area contributed by atoms with Crippen molar-refractivity contribution in [2.24, 2.45) is 0 Å². The Kier molecular flexibility index (Phi) is 2.54. The molecule has 0 unspecified atom stereocenters. The number of hydrogen-bond donors (Lipinski definition) is 0. The molecule has 0 atom stereocenters. The fraction of sp³-hybridized carbons (Fsp3) is 0.385. The first-order valence-corrected chi connectivity index (χ1v) is 6.05. The predicted octanol–water partition coefficient (Wildman–Crippen LogP) is 2.53. The zero-order valence-electron chi connectivity index (χ0n) is 10.0. The fourth-order valence-corrected chi connectivity index (χ4v) is 2.02. The van der Waals surface area contributed by atoms with Crippen molar-refractivity contribution in [1.82, 2.24) is 9.38 Å². The van der Waals surface area contributed by atoms with Crippen LogP contribution in [0.2, 0.25) is 0 Å². The van der Waals surface area contributed by atoms with Gasteiger partial charge in [0.15, 0.2) is 0 Å². The lowest BCUT2D eigenvalue weighted by Crippen LogP contribution is -2.07. The number of halogens is 1. The highest BCUT2D eigenvalue weighted by atomic mass is 19.1. The van der Waals surface area contributed by atoms with Gasteiger partial charge in [0.05, 0.1) is 6.61 Å². The largest absolute Gasteiger partial charge is 0.461 e. The highest BCUT2D eigenvalue weighted by molar-refractivity contribution is 5.88. The lowest BCUT2D eigenvalue weighted by Gasteiger charge is -1.99. The molecule has 3 rings (SSSR count). The molecule has 0 N–H and O–H groups in total. The Morgan fingerprint density at radius 1 is 1.56 bits per heavy atom. The molecule has 1 saturated carbocycles. The maximum absolute atomic E-state index is 14.1. The monoisotopic (exact) mass is 248 g/mol. The van der Waals surface area contributed by atoms with Gasteiger partial charge < -0.3 is 4.74 Å². The van der Waals surface area contributed by atoms with Gasteiger partial charge in [-0.15, -0.1) is 0 Å². The van der Waals surface area contributed by atoms with Crippen molar-refractivity contribution >= 4 is 11.6 Å². The fourth-order valence-electron chi connectivity index (χ4n) is 2.02. The molecule has 1 aliphatic carbocycles. The van der Waals surface area contributed by atoms with Gasteiger partial charge in [-0.05, 0) is 37.3 Å². The van der Waals surface area contributed by atoms with Gasteiger partial charge in [0, 0.05) is 6.20 Å². The molecule has 0 amide bonds. The second-order valence-corrected chi connectivity index (χ2v) is 4.44. The zero-order valence-corrected chi connectivity index (χ0v) is 10.0. The van der Waals surface area contributed by atoms with Crippen molar-refractivity contribution in [3.05, 3.63) is 35.5 Å². The summed E-state index contributed by atoms with van der Waals surface area (Å²) in [4.78, 5) is 15.5. The van der Waals surface area contributed by atoms with E-state index in [9.17, 15) is 9.18 Å². The molecule has 0 bridgehead atoms. The third-order valence-corrected chi connectivity index (χ3v) is 3.10. The highest BCUT2D eigenvalue weighted by Crippen LogP contribution is 2.40. The van der Waals surface area contributed by atoms with Crippen molar-refractivity contribution in [2.75, 3.05) is 6.61 Å². The number of carbonyl (C=O) groups excluding carboxylic acids is 1. The third kappa shape index (κ3) is 1.75. The molecule has 0 saturated heterocycles. The Morgan fingerprint density at radius 2 is 2.33 bits per heavy atom. The van der Waals surface area contributed by atoms with Crippen LogP contribution < -0.4 is 0 Å². The molecule has 2 heterocycles. The predicted molar refractivity (Wildman–Crippen MR) is 63.1 cm³/mol. The Balaban J connectivity index is 2.06. The second kappa shape index (κ2) is 4.08. The van der Waals surface area contributed by atoms with Gasteiger partial charge in [0.1, 0.15) is 5.65 Å². The lowest BCUT2D eigenvalue weighted by molar-refractivity contribution is 0.0514. The smallest absolute Gasteiger partial charge is 0.361 e. The molecule has 1 aliphatic rings. The number of pyridine rings is 1. The highest BCUT2D eigenvalue weighted by Gasteiger charge is 2.25. The SMILES string of the molecule is CCOC(=O)c1nc2ccc(C3CC3)cn2c1F. The summed E-state index contributed by atoms with van der Waals surface area (Å²) in [5.41, 5.74) is 1.28. The first-order valence-electron chi connectivity index (χ1n) is 6.05. The van der Waals surface area contributed by atoms with Crippen LogP contribution in [0.5, 0.6) is 0 Å². The average Bonchev–Trinajstić information content (AvgIpc) is 3.15. The topological polar surface area (TPSA) is 43.6 Å². The number of rotatable bonds is 3. The van der Waals surface area contributed by atoms with Crippen LogP contribution in [0.1, 0.15) is 41.7 Å². The zero-order chi connectivity index (χ0) is 12.7. The molecule has 0 spiro atoms. The average molecular weight is 248 g/mol. The van der Waals surface area contributed by atoms with Crippen molar-refractivity contribution in [3.63, 3.8) is 0 Å². The Labute approximate surface area is 103 Å². The van der Waals surface area contributed by atoms with E-state index in [1.54, 1.807) is 19.2 Å². The van der Waals surface area contributed by atoms with Gasteiger partial charge in [0.2, 0.25) is 11.6 Å².